The lowest BCUT2D eigenvalue weighted by Gasteiger charge is -2.37. The Bertz CT molecular complexity index is 1120. The Kier molecular flexibility index (Phi) is 8.10. The van der Waals surface area contributed by atoms with Crippen molar-refractivity contribution in [2.75, 3.05) is 40.9 Å². The minimum Gasteiger partial charge on any atom is -0.497 e. The van der Waals surface area contributed by atoms with Gasteiger partial charge in [-0.2, -0.15) is 0 Å². The number of allylic oxidation sites excluding steroid dienone is 2. The summed E-state index contributed by atoms with van der Waals surface area (Å²) in [6, 6.07) is 5.59. The molecule has 192 valence electrons. The molecule has 1 unspecified atom stereocenters. The van der Waals surface area contributed by atoms with E-state index in [1.807, 2.05) is 36.2 Å². The van der Waals surface area contributed by atoms with E-state index in [1.165, 1.54) is 11.5 Å². The van der Waals surface area contributed by atoms with E-state index in [4.69, 9.17) is 14.2 Å². The predicted octanol–water partition coefficient (Wildman–Crippen LogP) is 3.95. The number of likely N-dealkylation sites (tertiary alicyclic amines) is 1. The third kappa shape index (κ3) is 6.15. The molecule has 2 heterocycles. The maximum absolute atomic E-state index is 13.2. The molecule has 1 amide bonds. The molecule has 1 atom stereocenters. The molecular weight excluding hydrogens is 460 g/mol. The number of nitrogens with zero attached hydrogens (tertiary/aromatic N) is 4. The Morgan fingerprint density at radius 3 is 2.44 bits per heavy atom. The van der Waals surface area contributed by atoms with Crippen LogP contribution in [0, 0.1) is 5.92 Å². The second-order valence-corrected chi connectivity index (χ2v) is 9.25. The van der Waals surface area contributed by atoms with Crippen LogP contribution in [-0.4, -0.2) is 78.3 Å². The summed E-state index contributed by atoms with van der Waals surface area (Å²) in [7, 11) is 5.06. The van der Waals surface area contributed by atoms with Crippen LogP contribution in [0.5, 0.6) is 11.5 Å². The number of imidazole rings is 1. The molecule has 0 N–H and O–H groups in total. The minimum atomic E-state index is -0.298. The zero-order valence-electron chi connectivity index (χ0n) is 21.3. The van der Waals surface area contributed by atoms with Crippen LogP contribution in [0.1, 0.15) is 26.2 Å². The van der Waals surface area contributed by atoms with Gasteiger partial charge < -0.3 is 24.0 Å². The smallest absolute Gasteiger partial charge is 0.329 e. The second kappa shape index (κ2) is 11.4. The summed E-state index contributed by atoms with van der Waals surface area (Å²) in [6.07, 6.45) is 12.0. The first-order valence-corrected chi connectivity index (χ1v) is 12.2. The van der Waals surface area contributed by atoms with Crippen molar-refractivity contribution in [3.8, 4) is 22.8 Å². The topological polar surface area (TPSA) is 86.1 Å². The number of amides is 1. The van der Waals surface area contributed by atoms with Gasteiger partial charge >= 0.3 is 12.0 Å². The summed E-state index contributed by atoms with van der Waals surface area (Å²) in [5.41, 5.74) is 1.49. The van der Waals surface area contributed by atoms with Crippen molar-refractivity contribution in [1.29, 1.82) is 0 Å². The Morgan fingerprint density at radius 1 is 1.11 bits per heavy atom. The number of benzene rings is 1. The zero-order chi connectivity index (χ0) is 25.7. The van der Waals surface area contributed by atoms with Crippen LogP contribution in [-0.2, 0) is 9.53 Å². The van der Waals surface area contributed by atoms with Crippen molar-refractivity contribution >= 4 is 12.0 Å². The Balaban J connectivity index is 1.33. The lowest BCUT2D eigenvalue weighted by molar-refractivity contribution is -0.136. The lowest BCUT2D eigenvalue weighted by Crippen LogP contribution is -2.47. The van der Waals surface area contributed by atoms with E-state index in [0.29, 0.717) is 28.9 Å². The minimum absolute atomic E-state index is 0.103. The highest BCUT2D eigenvalue weighted by molar-refractivity contribution is 5.78. The molecule has 9 heteroatoms. The van der Waals surface area contributed by atoms with Crippen LogP contribution < -0.4 is 9.47 Å². The molecule has 4 rings (SSSR count). The summed E-state index contributed by atoms with van der Waals surface area (Å²) in [4.78, 5) is 33.1. The first-order valence-electron chi connectivity index (χ1n) is 12.2. The van der Waals surface area contributed by atoms with E-state index in [-0.39, 0.29) is 18.0 Å². The molecule has 0 bridgehead atoms. The number of hydrogen-bond acceptors (Lipinski definition) is 7. The summed E-state index contributed by atoms with van der Waals surface area (Å²) in [5, 5.41) is 0. The number of carbonyl (C=O) groups is 2. The van der Waals surface area contributed by atoms with E-state index in [2.05, 4.69) is 16.0 Å². The molecular formula is C27H34N4O5. The van der Waals surface area contributed by atoms with Gasteiger partial charge in [-0.15, -0.1) is 0 Å². The SMILES string of the molecule is COc1cc(OC)cc(-c2cn(C(=O)N(C)C3CCN(CC4C=C(OC(C)=O)C=CC4)CC3)cn2)c1. The van der Waals surface area contributed by atoms with E-state index >= 15 is 0 Å². The van der Waals surface area contributed by atoms with Gasteiger partial charge in [0.25, 0.3) is 0 Å². The monoisotopic (exact) mass is 494 g/mol. The number of esters is 1. The summed E-state index contributed by atoms with van der Waals surface area (Å²) >= 11 is 0. The van der Waals surface area contributed by atoms with Gasteiger partial charge in [-0.1, -0.05) is 6.08 Å². The van der Waals surface area contributed by atoms with Gasteiger partial charge in [-0.3, -0.25) is 9.36 Å². The molecule has 2 aliphatic rings. The number of aromatic nitrogens is 2. The average molecular weight is 495 g/mol. The van der Waals surface area contributed by atoms with Crippen molar-refractivity contribution in [2.24, 2.45) is 5.92 Å². The van der Waals surface area contributed by atoms with Gasteiger partial charge in [-0.05, 0) is 49.5 Å². The molecule has 1 aliphatic heterocycles. The van der Waals surface area contributed by atoms with E-state index < -0.39 is 0 Å². The van der Waals surface area contributed by atoms with Crippen LogP contribution in [0.15, 0.2) is 54.7 Å². The molecule has 0 radical (unpaired) electrons. The van der Waals surface area contributed by atoms with E-state index in [0.717, 1.165) is 44.5 Å². The number of hydrogen-bond donors (Lipinski definition) is 0. The van der Waals surface area contributed by atoms with Crippen LogP contribution in [0.25, 0.3) is 11.3 Å². The Morgan fingerprint density at radius 2 is 1.81 bits per heavy atom. The normalized spacial score (nSPS) is 18.4. The second-order valence-electron chi connectivity index (χ2n) is 9.25. The van der Waals surface area contributed by atoms with Crippen LogP contribution in [0.3, 0.4) is 0 Å². The molecule has 1 fully saturated rings. The Labute approximate surface area is 211 Å². The fraction of sp³-hybridized carbons (Fsp3) is 0.444. The van der Waals surface area contributed by atoms with Gasteiger partial charge in [0.15, 0.2) is 0 Å². The first-order chi connectivity index (χ1) is 17.4. The number of piperidine rings is 1. The number of methoxy groups -OCH3 is 2. The van der Waals surface area contributed by atoms with Gasteiger partial charge in [-0.25, -0.2) is 9.78 Å². The van der Waals surface area contributed by atoms with Crippen molar-refractivity contribution < 1.29 is 23.8 Å². The summed E-state index contributed by atoms with van der Waals surface area (Å²) < 4.78 is 17.5. The standard InChI is InChI=1S/C27H34N4O5/c1-19(32)36-23-7-5-6-20(12-23)16-30-10-8-22(9-11-30)29(2)27(33)31-17-26(28-18-31)21-13-24(34-3)15-25(14-21)35-4/h5,7,12-15,17-18,20,22H,6,8-11,16H2,1-4H3. The molecule has 1 aromatic heterocycles. The Hall–Kier alpha value is -3.59. The number of ether oxygens (including phenoxy) is 3. The first kappa shape index (κ1) is 25.5. The average Bonchev–Trinajstić information content (AvgIpc) is 3.38. The highest BCUT2D eigenvalue weighted by Gasteiger charge is 2.27. The molecule has 1 aromatic carbocycles. The maximum atomic E-state index is 13.2. The highest BCUT2D eigenvalue weighted by atomic mass is 16.5. The summed E-state index contributed by atoms with van der Waals surface area (Å²) in [6.45, 7) is 4.16. The van der Waals surface area contributed by atoms with E-state index in [1.54, 1.807) is 32.8 Å². The quantitative estimate of drug-likeness (QED) is 0.539. The molecule has 1 aliphatic carbocycles. The van der Waals surface area contributed by atoms with Crippen molar-refractivity contribution in [1.82, 2.24) is 19.4 Å². The molecule has 0 saturated carbocycles. The van der Waals surface area contributed by atoms with Gasteiger partial charge in [0.1, 0.15) is 23.6 Å². The van der Waals surface area contributed by atoms with Gasteiger partial charge in [0.05, 0.1) is 19.9 Å². The van der Waals surface area contributed by atoms with Crippen molar-refractivity contribution in [3.63, 3.8) is 0 Å². The molecule has 2 aromatic rings. The van der Waals surface area contributed by atoms with Gasteiger partial charge in [0.2, 0.25) is 0 Å². The summed E-state index contributed by atoms with van der Waals surface area (Å²) in [5.74, 6) is 1.98. The fourth-order valence-electron chi connectivity index (χ4n) is 4.77. The third-order valence-electron chi connectivity index (χ3n) is 6.73. The molecule has 36 heavy (non-hydrogen) atoms. The molecule has 1 saturated heterocycles. The molecule has 9 nitrogen and oxygen atoms in total. The van der Waals surface area contributed by atoms with Gasteiger partial charge in [0, 0.05) is 57.5 Å². The predicted molar refractivity (Wildman–Crippen MR) is 136 cm³/mol. The zero-order valence-corrected chi connectivity index (χ0v) is 21.3. The van der Waals surface area contributed by atoms with Crippen LogP contribution in [0.2, 0.25) is 0 Å². The number of carbonyl (C=O) groups excluding carboxylic acids is 2. The van der Waals surface area contributed by atoms with E-state index in [9.17, 15) is 9.59 Å². The fourth-order valence-corrected chi connectivity index (χ4v) is 4.77. The van der Waals surface area contributed by atoms with Crippen LogP contribution >= 0.6 is 0 Å². The van der Waals surface area contributed by atoms with Crippen LogP contribution in [0.4, 0.5) is 4.79 Å². The highest BCUT2D eigenvalue weighted by Crippen LogP contribution is 2.29. The van der Waals surface area contributed by atoms with Crippen molar-refractivity contribution in [2.45, 2.75) is 32.2 Å². The van der Waals surface area contributed by atoms with Crippen molar-refractivity contribution in [3.05, 3.63) is 54.7 Å². The number of rotatable bonds is 7. The largest absolute Gasteiger partial charge is 0.497 e. The maximum Gasteiger partial charge on any atom is 0.329 e. The molecule has 0 spiro atoms. The third-order valence-corrected chi connectivity index (χ3v) is 6.73. The lowest BCUT2D eigenvalue weighted by atomic mass is 9.97.